The summed E-state index contributed by atoms with van der Waals surface area (Å²) in [4.78, 5) is 50.4. The number of carbonyl (C=O) groups excluding carboxylic acids is 4. The number of carbonyl (C=O) groups is 4. The lowest BCUT2D eigenvalue weighted by atomic mass is 9.53. The van der Waals surface area contributed by atoms with Crippen LogP contribution in [0, 0.1) is 16.7 Å². The summed E-state index contributed by atoms with van der Waals surface area (Å²) in [6.45, 7) is 4.17. The van der Waals surface area contributed by atoms with Gasteiger partial charge < -0.3 is 4.74 Å². The van der Waals surface area contributed by atoms with Gasteiger partial charge in [0.15, 0.2) is 23.8 Å². The third-order valence-electron chi connectivity index (χ3n) is 7.92. The van der Waals surface area contributed by atoms with Gasteiger partial charge in [-0.2, -0.15) is 0 Å². The zero-order chi connectivity index (χ0) is 21.9. The van der Waals surface area contributed by atoms with E-state index in [4.69, 9.17) is 4.74 Å². The molecular weight excluding hydrogens is 387 g/mol. The average molecular weight is 414 g/mol. The van der Waals surface area contributed by atoms with Gasteiger partial charge in [-0.05, 0) is 50.7 Å². The molecule has 4 aliphatic carbocycles. The van der Waals surface area contributed by atoms with Crippen LogP contribution < -0.4 is 0 Å². The highest BCUT2D eigenvalue weighted by Gasteiger charge is 2.67. The molecule has 0 heterocycles. The zero-order valence-corrected chi connectivity index (χ0v) is 17.7. The van der Waals surface area contributed by atoms with Crippen LogP contribution in [0.4, 0.5) is 4.39 Å². The van der Waals surface area contributed by atoms with Crippen LogP contribution in [0.2, 0.25) is 0 Å². The second kappa shape index (κ2) is 6.82. The minimum atomic E-state index is -1.61. The molecule has 4 atom stereocenters. The lowest BCUT2D eigenvalue weighted by Crippen LogP contribution is -2.58. The van der Waals surface area contributed by atoms with Gasteiger partial charge in [0, 0.05) is 29.2 Å². The quantitative estimate of drug-likeness (QED) is 0.655. The summed E-state index contributed by atoms with van der Waals surface area (Å²) in [5, 5.41) is 0. The van der Waals surface area contributed by atoms with Gasteiger partial charge in [-0.15, -0.1) is 0 Å². The molecule has 0 saturated heterocycles. The standard InChI is InChI=1S/C24H27FO5/c1-4-20(29)30-24(19(28)13-25)10-8-17-16-6-5-14-11-15(26)7-9-22(14,2)21(16)18(27)12-23(17,24)3/h7,9,11,17H,4-6,8,10,12-13H2,1-3H3/t17-,22-,23-,24-/m0/s1. The number of Topliss-reactive ketones (excluding diaryl/α,β-unsaturated/α-hetero) is 2. The third-order valence-corrected chi connectivity index (χ3v) is 7.92. The number of ether oxygens (including phenoxy) is 1. The molecule has 0 bridgehead atoms. The SMILES string of the molecule is CCC(=O)O[C@]1(C(=O)CF)CC[C@H]2C3=C(C(=O)C[C@@]21C)[C@@]1(C)C=CC(=O)C=C1CC3. The van der Waals surface area contributed by atoms with Crippen molar-refractivity contribution in [2.75, 3.05) is 6.67 Å². The van der Waals surface area contributed by atoms with Crippen LogP contribution in [0.15, 0.2) is 34.9 Å². The Hall–Kier alpha value is -2.37. The first-order chi connectivity index (χ1) is 14.1. The predicted octanol–water partition coefficient (Wildman–Crippen LogP) is 3.77. The second-order valence-corrected chi connectivity index (χ2v) is 9.33. The molecule has 5 nitrogen and oxygen atoms in total. The van der Waals surface area contributed by atoms with Gasteiger partial charge in [0.1, 0.15) is 0 Å². The van der Waals surface area contributed by atoms with Crippen molar-refractivity contribution in [2.24, 2.45) is 16.7 Å². The highest BCUT2D eigenvalue weighted by atomic mass is 19.1. The fourth-order valence-electron chi connectivity index (χ4n) is 6.38. The molecule has 0 aliphatic heterocycles. The van der Waals surface area contributed by atoms with Crippen molar-refractivity contribution in [2.45, 2.75) is 64.9 Å². The average Bonchev–Trinajstić information content (AvgIpc) is 3.00. The maximum atomic E-state index is 13.6. The molecule has 0 aromatic heterocycles. The van der Waals surface area contributed by atoms with Crippen LogP contribution >= 0.6 is 0 Å². The first-order valence-corrected chi connectivity index (χ1v) is 10.6. The number of hydrogen-bond donors (Lipinski definition) is 0. The molecule has 0 radical (unpaired) electrons. The summed E-state index contributed by atoms with van der Waals surface area (Å²) in [6, 6.07) is 0. The van der Waals surface area contributed by atoms with E-state index in [0.717, 1.165) is 11.1 Å². The van der Waals surface area contributed by atoms with Crippen molar-refractivity contribution < 1.29 is 28.3 Å². The van der Waals surface area contributed by atoms with Gasteiger partial charge >= 0.3 is 5.97 Å². The molecular formula is C24H27FO5. The summed E-state index contributed by atoms with van der Waals surface area (Å²) >= 11 is 0. The Morgan fingerprint density at radius 3 is 2.63 bits per heavy atom. The smallest absolute Gasteiger partial charge is 0.306 e. The van der Waals surface area contributed by atoms with Crippen molar-refractivity contribution in [1.29, 1.82) is 0 Å². The molecule has 160 valence electrons. The van der Waals surface area contributed by atoms with Crippen molar-refractivity contribution >= 4 is 23.3 Å². The van der Waals surface area contributed by atoms with Gasteiger partial charge in [0.25, 0.3) is 0 Å². The van der Waals surface area contributed by atoms with Crippen LogP contribution in [-0.2, 0) is 23.9 Å². The normalized spacial score (nSPS) is 37.3. The Morgan fingerprint density at radius 2 is 1.97 bits per heavy atom. The van der Waals surface area contributed by atoms with E-state index in [1.165, 1.54) is 6.08 Å². The lowest BCUT2D eigenvalue weighted by Gasteiger charge is -2.51. The van der Waals surface area contributed by atoms with Crippen molar-refractivity contribution in [3.8, 4) is 0 Å². The summed E-state index contributed by atoms with van der Waals surface area (Å²) in [5.74, 6) is -1.63. The summed E-state index contributed by atoms with van der Waals surface area (Å²) in [6.07, 6.45) is 7.10. The molecule has 4 aliphatic rings. The number of allylic oxidation sites excluding steroid dienone is 6. The van der Waals surface area contributed by atoms with E-state index in [9.17, 15) is 23.6 Å². The fraction of sp³-hybridized carbons (Fsp3) is 0.583. The van der Waals surface area contributed by atoms with E-state index in [-0.39, 0.29) is 36.7 Å². The number of ketones is 3. The topological polar surface area (TPSA) is 77.5 Å². The third kappa shape index (κ3) is 2.58. The minimum absolute atomic E-state index is 0.0177. The van der Waals surface area contributed by atoms with Crippen molar-refractivity contribution in [1.82, 2.24) is 0 Å². The zero-order valence-electron chi connectivity index (χ0n) is 17.7. The van der Waals surface area contributed by atoms with E-state index >= 15 is 0 Å². The van der Waals surface area contributed by atoms with Gasteiger partial charge in [0.05, 0.1) is 0 Å². The minimum Gasteiger partial charge on any atom is -0.450 e. The van der Waals surface area contributed by atoms with Crippen LogP contribution in [0.3, 0.4) is 0 Å². The Balaban J connectivity index is 1.85. The predicted molar refractivity (Wildman–Crippen MR) is 107 cm³/mol. The van der Waals surface area contributed by atoms with Gasteiger partial charge in [-0.1, -0.05) is 31.1 Å². The van der Waals surface area contributed by atoms with E-state index in [1.807, 2.05) is 13.0 Å². The van der Waals surface area contributed by atoms with Crippen LogP contribution in [0.25, 0.3) is 0 Å². The molecule has 0 unspecified atom stereocenters. The molecule has 0 spiro atoms. The molecule has 1 fully saturated rings. The van der Waals surface area contributed by atoms with E-state index in [0.29, 0.717) is 24.8 Å². The maximum Gasteiger partial charge on any atom is 0.306 e. The Labute approximate surface area is 175 Å². The van der Waals surface area contributed by atoms with Crippen LogP contribution in [0.5, 0.6) is 0 Å². The monoisotopic (exact) mass is 414 g/mol. The lowest BCUT2D eigenvalue weighted by molar-refractivity contribution is -0.183. The highest BCUT2D eigenvalue weighted by molar-refractivity contribution is 6.06. The molecule has 4 rings (SSSR count). The summed E-state index contributed by atoms with van der Waals surface area (Å²) in [5.41, 5.74) is -0.585. The summed E-state index contributed by atoms with van der Waals surface area (Å²) in [7, 11) is 0. The number of alkyl halides is 1. The van der Waals surface area contributed by atoms with Crippen molar-refractivity contribution in [3.63, 3.8) is 0 Å². The molecule has 6 heteroatoms. The summed E-state index contributed by atoms with van der Waals surface area (Å²) < 4.78 is 19.3. The Morgan fingerprint density at radius 1 is 1.23 bits per heavy atom. The number of halogens is 1. The number of esters is 1. The molecule has 30 heavy (non-hydrogen) atoms. The van der Waals surface area contributed by atoms with Crippen LogP contribution in [-0.4, -0.2) is 35.6 Å². The largest absolute Gasteiger partial charge is 0.450 e. The molecule has 0 aromatic rings. The number of fused-ring (bicyclic) bond motifs is 4. The molecule has 0 aromatic carbocycles. The fourth-order valence-corrected chi connectivity index (χ4v) is 6.38. The van der Waals surface area contributed by atoms with Gasteiger partial charge in [-0.25, -0.2) is 4.39 Å². The second-order valence-electron chi connectivity index (χ2n) is 9.33. The number of rotatable bonds is 4. The van der Waals surface area contributed by atoms with Gasteiger partial charge in [-0.3, -0.25) is 19.2 Å². The Kier molecular flexibility index (Phi) is 4.75. The van der Waals surface area contributed by atoms with Gasteiger partial charge in [0.2, 0.25) is 5.78 Å². The molecule has 1 saturated carbocycles. The molecule has 0 N–H and O–H groups in total. The molecule has 0 amide bonds. The first-order valence-electron chi connectivity index (χ1n) is 10.6. The van der Waals surface area contributed by atoms with E-state index in [2.05, 4.69) is 0 Å². The van der Waals surface area contributed by atoms with Crippen LogP contribution in [0.1, 0.15) is 59.3 Å². The number of hydrogen-bond acceptors (Lipinski definition) is 5. The van der Waals surface area contributed by atoms with E-state index < -0.39 is 34.9 Å². The first kappa shape index (κ1) is 20.9. The Bertz CT molecular complexity index is 957. The van der Waals surface area contributed by atoms with E-state index in [1.54, 1.807) is 19.9 Å². The van der Waals surface area contributed by atoms with Crippen molar-refractivity contribution in [3.05, 3.63) is 34.9 Å². The highest BCUT2D eigenvalue weighted by Crippen LogP contribution is 2.64. The maximum absolute atomic E-state index is 13.6.